The number of nitrogens with zero attached hydrogens (tertiary/aromatic N) is 1. The number of likely N-dealkylation sites (N-methyl/N-ethyl adjacent to an activating group) is 1. The number of aromatic hydroxyl groups is 1. The number of rotatable bonds is 2. The standard InChI is InChI=1S/C29H33NO4/c1-26(15-18-6-4-3-5-7-18)21-16-27-10-11-29(21,33-17-32-26)25-28(27)12-13-30(2)22(27)14-19-8-9-20(31)24(34-25)23(19)28/h3-9,21-22,25,31H,10-17H2,1-2H3/t21-,22-,25-,26+,27-,28+,29-/m1/s1. The van der Waals surface area contributed by atoms with Crippen LogP contribution >= 0.6 is 0 Å². The first-order valence-corrected chi connectivity index (χ1v) is 13.0. The summed E-state index contributed by atoms with van der Waals surface area (Å²) in [6.45, 7) is 3.69. The van der Waals surface area contributed by atoms with Crippen molar-refractivity contribution in [1.29, 1.82) is 0 Å². The molecular formula is C29H33NO4. The lowest BCUT2D eigenvalue weighted by atomic mass is 9.33. The van der Waals surface area contributed by atoms with E-state index in [1.54, 1.807) is 0 Å². The van der Waals surface area contributed by atoms with Crippen LogP contribution in [0.4, 0.5) is 0 Å². The van der Waals surface area contributed by atoms with Crippen molar-refractivity contribution in [2.45, 2.75) is 74.2 Å². The summed E-state index contributed by atoms with van der Waals surface area (Å²) < 4.78 is 20.2. The van der Waals surface area contributed by atoms with E-state index in [1.165, 1.54) is 16.7 Å². The van der Waals surface area contributed by atoms with Crippen LogP contribution in [0.3, 0.4) is 0 Å². The van der Waals surface area contributed by atoms with E-state index >= 15 is 0 Å². The van der Waals surface area contributed by atoms with Crippen LogP contribution in [0.5, 0.6) is 11.5 Å². The van der Waals surface area contributed by atoms with Crippen LogP contribution in [-0.4, -0.2) is 53.7 Å². The van der Waals surface area contributed by atoms with Crippen LogP contribution < -0.4 is 4.74 Å². The molecule has 7 atom stereocenters. The highest BCUT2D eigenvalue weighted by atomic mass is 16.7. The van der Waals surface area contributed by atoms with Crippen LogP contribution in [0.25, 0.3) is 0 Å². The van der Waals surface area contributed by atoms with Gasteiger partial charge in [0.25, 0.3) is 0 Å². The molecule has 5 heteroatoms. The Balaban J connectivity index is 1.34. The smallest absolute Gasteiger partial charge is 0.165 e. The Kier molecular flexibility index (Phi) is 3.66. The molecule has 0 aromatic heterocycles. The number of piperidine rings is 1. The van der Waals surface area contributed by atoms with Gasteiger partial charge in [-0.25, -0.2) is 0 Å². The van der Waals surface area contributed by atoms with Gasteiger partial charge >= 0.3 is 0 Å². The molecule has 3 spiro atoms. The summed E-state index contributed by atoms with van der Waals surface area (Å²) in [5.41, 5.74) is 3.34. The third kappa shape index (κ3) is 2.03. The van der Waals surface area contributed by atoms with E-state index in [4.69, 9.17) is 14.2 Å². The number of benzene rings is 2. The minimum absolute atomic E-state index is 0.0648. The third-order valence-electron chi connectivity index (χ3n) is 11.1. The number of fused-ring (bicyclic) bond motifs is 1. The summed E-state index contributed by atoms with van der Waals surface area (Å²) in [5, 5.41) is 10.9. The highest BCUT2D eigenvalue weighted by Gasteiger charge is 2.82. The van der Waals surface area contributed by atoms with E-state index < -0.39 is 0 Å². The summed E-state index contributed by atoms with van der Waals surface area (Å²) in [6.07, 6.45) is 6.18. The molecule has 2 aromatic carbocycles. The minimum atomic E-state index is -0.385. The van der Waals surface area contributed by atoms with Gasteiger partial charge in [0.1, 0.15) is 18.5 Å². The molecule has 9 rings (SSSR count). The van der Waals surface area contributed by atoms with Gasteiger partial charge in [-0.15, -0.1) is 0 Å². The van der Waals surface area contributed by atoms with Crippen molar-refractivity contribution in [1.82, 2.24) is 4.90 Å². The second kappa shape index (κ2) is 6.18. The maximum atomic E-state index is 10.9. The van der Waals surface area contributed by atoms with E-state index in [2.05, 4.69) is 55.3 Å². The van der Waals surface area contributed by atoms with Crippen LogP contribution in [0.15, 0.2) is 42.5 Å². The van der Waals surface area contributed by atoms with Crippen molar-refractivity contribution in [3.63, 3.8) is 0 Å². The average Bonchev–Trinajstić information content (AvgIpc) is 3.21. The zero-order chi connectivity index (χ0) is 22.9. The molecule has 2 saturated heterocycles. The molecule has 3 saturated carbocycles. The van der Waals surface area contributed by atoms with E-state index in [1.807, 2.05) is 6.07 Å². The number of phenols is 1. The normalized spacial score (nSPS) is 45.4. The lowest BCUT2D eigenvalue weighted by Crippen LogP contribution is -2.83. The van der Waals surface area contributed by atoms with Crippen molar-refractivity contribution >= 4 is 0 Å². The van der Waals surface area contributed by atoms with Gasteiger partial charge in [-0.3, -0.25) is 0 Å². The maximum absolute atomic E-state index is 10.9. The lowest BCUT2D eigenvalue weighted by Gasteiger charge is -2.76. The number of likely N-dealkylation sites (tertiary alicyclic amines) is 1. The Morgan fingerprint density at radius 2 is 1.91 bits per heavy atom. The second-order valence-electron chi connectivity index (χ2n) is 12.1. The van der Waals surface area contributed by atoms with Gasteiger partial charge in [-0.2, -0.15) is 0 Å². The fraction of sp³-hybridized carbons (Fsp3) is 0.586. The van der Waals surface area contributed by atoms with Crippen molar-refractivity contribution < 1.29 is 19.3 Å². The molecular weight excluding hydrogens is 426 g/mol. The average molecular weight is 460 g/mol. The van der Waals surface area contributed by atoms with Crippen LogP contribution in [0.1, 0.15) is 49.3 Å². The SMILES string of the molecule is CN1CC[C@]23c4c5ccc(O)c4O[C@H]2[C@@]24CC[C@@]3(C[C@@H]2[C@](C)(Cc2ccccc2)OCO4)[C@H]1C5. The van der Waals surface area contributed by atoms with Crippen LogP contribution in [-0.2, 0) is 27.7 Å². The summed E-state index contributed by atoms with van der Waals surface area (Å²) in [6, 6.07) is 15.2. The van der Waals surface area contributed by atoms with Crippen molar-refractivity contribution in [2.75, 3.05) is 20.4 Å². The van der Waals surface area contributed by atoms with E-state index in [9.17, 15) is 5.11 Å². The van der Waals surface area contributed by atoms with E-state index in [0.717, 1.165) is 50.8 Å². The first kappa shape index (κ1) is 20.1. The molecule has 1 N–H and O–H groups in total. The summed E-state index contributed by atoms with van der Waals surface area (Å²) in [5.74, 6) is 1.28. The molecule has 5 fully saturated rings. The quantitative estimate of drug-likeness (QED) is 0.730. The van der Waals surface area contributed by atoms with Gasteiger partial charge in [0.15, 0.2) is 11.5 Å². The van der Waals surface area contributed by atoms with Gasteiger partial charge in [-0.1, -0.05) is 36.4 Å². The molecule has 4 bridgehead atoms. The predicted molar refractivity (Wildman–Crippen MR) is 127 cm³/mol. The van der Waals surface area contributed by atoms with Gasteiger partial charge in [0.2, 0.25) is 0 Å². The molecule has 2 aromatic rings. The topological polar surface area (TPSA) is 51.2 Å². The van der Waals surface area contributed by atoms with Crippen molar-refractivity contribution in [3.8, 4) is 11.5 Å². The molecule has 4 aliphatic carbocycles. The number of phenolic OH excluding ortho intramolecular Hbond substituents is 1. The highest BCUT2D eigenvalue weighted by Crippen LogP contribution is 2.78. The zero-order valence-electron chi connectivity index (χ0n) is 20.0. The Bertz CT molecular complexity index is 1200. The van der Waals surface area contributed by atoms with Crippen LogP contribution in [0.2, 0.25) is 0 Å². The Morgan fingerprint density at radius 3 is 2.76 bits per heavy atom. The summed E-state index contributed by atoms with van der Waals surface area (Å²) in [7, 11) is 2.32. The lowest BCUT2D eigenvalue weighted by molar-refractivity contribution is -0.374. The van der Waals surface area contributed by atoms with Crippen molar-refractivity contribution in [3.05, 3.63) is 59.2 Å². The molecule has 5 nitrogen and oxygen atoms in total. The minimum Gasteiger partial charge on any atom is -0.504 e. The first-order chi connectivity index (χ1) is 16.4. The van der Waals surface area contributed by atoms with Gasteiger partial charge in [0, 0.05) is 34.8 Å². The molecule has 3 aliphatic heterocycles. The summed E-state index contributed by atoms with van der Waals surface area (Å²) in [4.78, 5) is 2.62. The Hall–Kier alpha value is -2.08. The van der Waals surface area contributed by atoms with E-state index in [-0.39, 0.29) is 34.1 Å². The number of hydrogen-bond acceptors (Lipinski definition) is 5. The van der Waals surface area contributed by atoms with Crippen LogP contribution in [0, 0.1) is 11.3 Å². The molecule has 34 heavy (non-hydrogen) atoms. The monoisotopic (exact) mass is 459 g/mol. The molecule has 0 unspecified atom stereocenters. The zero-order valence-corrected chi connectivity index (χ0v) is 20.0. The second-order valence-corrected chi connectivity index (χ2v) is 12.1. The van der Waals surface area contributed by atoms with E-state index in [0.29, 0.717) is 18.6 Å². The molecule has 0 amide bonds. The fourth-order valence-corrected chi connectivity index (χ4v) is 9.84. The molecule has 178 valence electrons. The Morgan fingerprint density at radius 1 is 1.06 bits per heavy atom. The van der Waals surface area contributed by atoms with Crippen molar-refractivity contribution in [2.24, 2.45) is 11.3 Å². The predicted octanol–water partition coefficient (Wildman–Crippen LogP) is 4.20. The summed E-state index contributed by atoms with van der Waals surface area (Å²) >= 11 is 0. The molecule has 0 radical (unpaired) electrons. The third-order valence-corrected chi connectivity index (χ3v) is 11.1. The van der Waals surface area contributed by atoms with Gasteiger partial charge < -0.3 is 24.2 Å². The maximum Gasteiger partial charge on any atom is 0.165 e. The number of ether oxygens (including phenoxy) is 3. The van der Waals surface area contributed by atoms with Gasteiger partial charge in [-0.05, 0) is 69.8 Å². The number of hydrogen-bond donors (Lipinski definition) is 1. The first-order valence-electron chi connectivity index (χ1n) is 13.0. The largest absolute Gasteiger partial charge is 0.504 e. The highest BCUT2D eigenvalue weighted by molar-refractivity contribution is 5.63. The Labute approximate surface area is 201 Å². The fourth-order valence-electron chi connectivity index (χ4n) is 9.84. The van der Waals surface area contributed by atoms with Gasteiger partial charge in [0.05, 0.1) is 5.60 Å². The molecule has 7 aliphatic rings. The molecule has 3 heterocycles.